The molecule has 0 radical (unpaired) electrons. The molecule has 5 nitrogen and oxygen atoms in total. The van der Waals surface area contributed by atoms with Gasteiger partial charge in [0.2, 0.25) is 0 Å². The van der Waals surface area contributed by atoms with Gasteiger partial charge in [-0.2, -0.15) is 0 Å². The number of hydrogen-bond donors (Lipinski definition) is 1. The second-order valence-corrected chi connectivity index (χ2v) is 8.16. The van der Waals surface area contributed by atoms with Gasteiger partial charge in [0, 0.05) is 34.1 Å². The molecule has 1 saturated heterocycles. The minimum absolute atomic E-state index is 0.124. The molecule has 0 bridgehead atoms. The van der Waals surface area contributed by atoms with E-state index in [4.69, 9.17) is 4.74 Å². The second kappa shape index (κ2) is 7.90. The van der Waals surface area contributed by atoms with Crippen LogP contribution in [-0.4, -0.2) is 41.1 Å². The largest absolute Gasteiger partial charge is 0.373 e. The molecule has 0 spiro atoms. The number of anilines is 1. The van der Waals surface area contributed by atoms with Crippen molar-refractivity contribution in [3.63, 3.8) is 0 Å². The third-order valence-corrected chi connectivity index (χ3v) is 5.29. The average Bonchev–Trinajstić information content (AvgIpc) is 2.93. The molecule has 3 rings (SSSR count). The summed E-state index contributed by atoms with van der Waals surface area (Å²) in [6, 6.07) is 7.48. The molecule has 2 heterocycles. The van der Waals surface area contributed by atoms with Crippen molar-refractivity contribution in [3.8, 4) is 0 Å². The lowest BCUT2D eigenvalue weighted by atomic mass is 10.2. The minimum atomic E-state index is -0.124. The topological polar surface area (TPSA) is 54.5 Å². The van der Waals surface area contributed by atoms with Crippen LogP contribution in [-0.2, 0) is 11.3 Å². The number of carbonyl (C=O) groups excluding carboxylic acids is 1. The average molecular weight is 457 g/mol. The smallest absolute Gasteiger partial charge is 0.257 e. The van der Waals surface area contributed by atoms with E-state index in [1.165, 1.54) is 11.3 Å². The van der Waals surface area contributed by atoms with Gasteiger partial charge in [-0.1, -0.05) is 0 Å². The Hall–Kier alpha value is -1.03. The van der Waals surface area contributed by atoms with Crippen LogP contribution < -0.4 is 5.32 Å². The van der Waals surface area contributed by atoms with E-state index < -0.39 is 0 Å². The Kier molecular flexibility index (Phi) is 5.85. The Morgan fingerprint density at radius 2 is 2.00 bits per heavy atom. The highest BCUT2D eigenvalue weighted by Crippen LogP contribution is 2.20. The molecular weight excluding hydrogens is 437 g/mol. The summed E-state index contributed by atoms with van der Waals surface area (Å²) in [7, 11) is 0. The first-order valence-corrected chi connectivity index (χ1v) is 9.84. The number of ether oxygens (including phenoxy) is 1. The molecule has 1 N–H and O–H groups in total. The quantitative estimate of drug-likeness (QED) is 0.713. The van der Waals surface area contributed by atoms with E-state index >= 15 is 0 Å². The summed E-state index contributed by atoms with van der Waals surface area (Å²) in [5.74, 6) is -0.124. The van der Waals surface area contributed by atoms with Crippen LogP contribution in [0.15, 0.2) is 29.6 Å². The third kappa shape index (κ3) is 4.75. The third-order valence-electron chi connectivity index (χ3n) is 3.76. The molecule has 7 heteroatoms. The highest BCUT2D eigenvalue weighted by molar-refractivity contribution is 14.1. The van der Waals surface area contributed by atoms with E-state index in [0.717, 1.165) is 28.9 Å². The summed E-state index contributed by atoms with van der Waals surface area (Å²) >= 11 is 3.68. The Morgan fingerprint density at radius 3 is 2.67 bits per heavy atom. The van der Waals surface area contributed by atoms with Crippen molar-refractivity contribution >= 4 is 45.0 Å². The number of aromatic nitrogens is 1. The number of hydrogen-bond acceptors (Lipinski definition) is 5. The number of amides is 1. The summed E-state index contributed by atoms with van der Waals surface area (Å²) in [5.41, 5.74) is 1.63. The maximum Gasteiger partial charge on any atom is 0.257 e. The lowest BCUT2D eigenvalue weighted by molar-refractivity contribution is -0.0707. The summed E-state index contributed by atoms with van der Waals surface area (Å²) < 4.78 is 6.86. The minimum Gasteiger partial charge on any atom is -0.373 e. The van der Waals surface area contributed by atoms with Crippen LogP contribution in [0.4, 0.5) is 5.13 Å². The Bertz CT molecular complexity index is 694. The fraction of sp³-hybridized carbons (Fsp3) is 0.412. The zero-order valence-electron chi connectivity index (χ0n) is 13.7. The molecule has 0 saturated carbocycles. The van der Waals surface area contributed by atoms with Crippen molar-refractivity contribution in [1.82, 2.24) is 9.88 Å². The zero-order valence-corrected chi connectivity index (χ0v) is 16.6. The molecule has 1 amide bonds. The highest BCUT2D eigenvalue weighted by atomic mass is 127. The molecule has 1 fully saturated rings. The predicted octanol–water partition coefficient (Wildman–Crippen LogP) is 3.61. The summed E-state index contributed by atoms with van der Waals surface area (Å²) in [4.78, 5) is 19.1. The molecule has 1 aromatic carbocycles. The molecular formula is C17H20IN3O2S. The predicted molar refractivity (Wildman–Crippen MR) is 105 cm³/mol. The first kappa shape index (κ1) is 17.8. The monoisotopic (exact) mass is 457 g/mol. The van der Waals surface area contributed by atoms with Crippen molar-refractivity contribution in [2.24, 2.45) is 0 Å². The maximum atomic E-state index is 12.2. The van der Waals surface area contributed by atoms with Crippen LogP contribution in [0.3, 0.4) is 0 Å². The summed E-state index contributed by atoms with van der Waals surface area (Å²) in [6.45, 7) is 6.79. The van der Waals surface area contributed by atoms with Gasteiger partial charge in [0.05, 0.1) is 17.9 Å². The normalized spacial score (nSPS) is 21.6. The number of rotatable bonds is 4. The number of halogens is 1. The van der Waals surface area contributed by atoms with Crippen LogP contribution in [0.1, 0.15) is 29.9 Å². The number of benzene rings is 1. The lowest BCUT2D eigenvalue weighted by Gasteiger charge is -2.34. The van der Waals surface area contributed by atoms with Crippen LogP contribution in [0.5, 0.6) is 0 Å². The molecule has 1 aliphatic rings. The van der Waals surface area contributed by atoms with E-state index in [1.807, 2.05) is 29.6 Å². The molecule has 0 aliphatic carbocycles. The number of carbonyl (C=O) groups is 1. The molecule has 128 valence electrons. The number of nitrogens with one attached hydrogen (secondary N) is 1. The van der Waals surface area contributed by atoms with Gasteiger partial charge >= 0.3 is 0 Å². The Morgan fingerprint density at radius 1 is 1.33 bits per heavy atom. The Labute approximate surface area is 159 Å². The SMILES string of the molecule is C[C@H]1CN(Cc2csc(NC(=O)c3ccc(I)cc3)n2)C[C@H](C)O1. The highest BCUT2D eigenvalue weighted by Gasteiger charge is 2.22. The van der Waals surface area contributed by atoms with Crippen molar-refractivity contribution in [2.75, 3.05) is 18.4 Å². The lowest BCUT2D eigenvalue weighted by Crippen LogP contribution is -2.44. The van der Waals surface area contributed by atoms with E-state index in [2.05, 4.69) is 51.6 Å². The summed E-state index contributed by atoms with van der Waals surface area (Å²) in [5, 5.41) is 5.53. The fourth-order valence-electron chi connectivity index (χ4n) is 2.85. The molecule has 0 unspecified atom stereocenters. The molecule has 2 atom stereocenters. The van der Waals surface area contributed by atoms with Crippen LogP contribution >= 0.6 is 33.9 Å². The van der Waals surface area contributed by atoms with E-state index in [0.29, 0.717) is 10.7 Å². The first-order valence-electron chi connectivity index (χ1n) is 7.89. The standard InChI is InChI=1S/C17H20IN3O2S/c1-11-7-21(8-12(2)23-11)9-15-10-24-17(19-15)20-16(22)13-3-5-14(18)6-4-13/h3-6,10-12H,7-9H2,1-2H3,(H,19,20,22)/t11-,12-/m0/s1. The molecule has 24 heavy (non-hydrogen) atoms. The van der Waals surface area contributed by atoms with Gasteiger partial charge in [0.25, 0.3) is 5.91 Å². The van der Waals surface area contributed by atoms with E-state index in [-0.39, 0.29) is 18.1 Å². The van der Waals surface area contributed by atoms with Crippen molar-refractivity contribution in [1.29, 1.82) is 0 Å². The van der Waals surface area contributed by atoms with Gasteiger partial charge in [-0.25, -0.2) is 4.98 Å². The van der Waals surface area contributed by atoms with Crippen molar-refractivity contribution in [2.45, 2.75) is 32.6 Å². The zero-order chi connectivity index (χ0) is 17.1. The van der Waals surface area contributed by atoms with Gasteiger partial charge in [-0.15, -0.1) is 11.3 Å². The Balaban J connectivity index is 1.59. The van der Waals surface area contributed by atoms with Crippen LogP contribution in [0, 0.1) is 3.57 Å². The van der Waals surface area contributed by atoms with Gasteiger partial charge in [0.1, 0.15) is 0 Å². The number of nitrogens with zero attached hydrogens (tertiary/aromatic N) is 2. The summed E-state index contributed by atoms with van der Waals surface area (Å²) in [6.07, 6.45) is 0.486. The fourth-order valence-corrected chi connectivity index (χ4v) is 3.91. The molecule has 1 aromatic heterocycles. The van der Waals surface area contributed by atoms with Gasteiger partial charge in [-0.3, -0.25) is 15.0 Å². The number of morpholine rings is 1. The second-order valence-electron chi connectivity index (χ2n) is 6.06. The van der Waals surface area contributed by atoms with E-state index in [1.54, 1.807) is 0 Å². The van der Waals surface area contributed by atoms with Crippen LogP contribution in [0.2, 0.25) is 0 Å². The van der Waals surface area contributed by atoms with Gasteiger partial charge in [0.15, 0.2) is 5.13 Å². The van der Waals surface area contributed by atoms with Crippen molar-refractivity contribution in [3.05, 3.63) is 44.5 Å². The van der Waals surface area contributed by atoms with Crippen molar-refractivity contribution < 1.29 is 9.53 Å². The van der Waals surface area contributed by atoms with E-state index in [9.17, 15) is 4.79 Å². The van der Waals surface area contributed by atoms with Gasteiger partial charge in [-0.05, 0) is 60.7 Å². The van der Waals surface area contributed by atoms with Gasteiger partial charge < -0.3 is 4.74 Å². The number of thiazole rings is 1. The first-order chi connectivity index (χ1) is 11.5. The molecule has 1 aliphatic heterocycles. The molecule has 2 aromatic rings. The van der Waals surface area contributed by atoms with Crippen LogP contribution in [0.25, 0.3) is 0 Å². The maximum absolute atomic E-state index is 12.2.